The van der Waals surface area contributed by atoms with Gasteiger partial charge < -0.3 is 15.8 Å². The number of rotatable bonds is 5. The van der Waals surface area contributed by atoms with Crippen molar-refractivity contribution in [2.75, 3.05) is 0 Å². The summed E-state index contributed by atoms with van der Waals surface area (Å²) in [4.78, 5) is 11.9. The number of nitrogens with one attached hydrogen (secondary N) is 1. The molecule has 0 radical (unpaired) electrons. The minimum atomic E-state index is -4.69. The first kappa shape index (κ1) is 17.6. The maximum atomic E-state index is 12.1. The molecule has 1 aromatic rings. The van der Waals surface area contributed by atoms with E-state index in [0.717, 1.165) is 31.2 Å². The molecule has 128 valence electrons. The number of carbonyl (C=O) groups is 1. The Morgan fingerprint density at radius 2 is 1.78 bits per heavy atom. The number of aryl methyl sites for hydroxylation is 1. The molecule has 0 bridgehead atoms. The van der Waals surface area contributed by atoms with E-state index in [1.54, 1.807) is 0 Å². The van der Waals surface area contributed by atoms with Gasteiger partial charge in [0.05, 0.1) is 0 Å². The number of hydrogen-bond donors (Lipinski definition) is 2. The molecule has 1 amide bonds. The summed E-state index contributed by atoms with van der Waals surface area (Å²) >= 11 is 0. The highest BCUT2D eigenvalue weighted by Crippen LogP contribution is 2.23. The molecule has 0 saturated heterocycles. The molecule has 1 aromatic carbocycles. The van der Waals surface area contributed by atoms with Crippen molar-refractivity contribution in [1.82, 2.24) is 5.32 Å². The number of benzene rings is 1. The zero-order valence-electron chi connectivity index (χ0n) is 12.7. The van der Waals surface area contributed by atoms with Crippen molar-refractivity contribution in [3.8, 4) is 5.75 Å². The monoisotopic (exact) mass is 330 g/mol. The molecule has 1 aliphatic rings. The van der Waals surface area contributed by atoms with E-state index in [1.165, 1.54) is 24.3 Å². The van der Waals surface area contributed by atoms with Gasteiger partial charge in [0, 0.05) is 18.5 Å². The predicted octanol–water partition coefficient (Wildman–Crippen LogP) is 2.90. The molecule has 1 fully saturated rings. The third-order valence-corrected chi connectivity index (χ3v) is 3.93. The van der Waals surface area contributed by atoms with Gasteiger partial charge in [0.25, 0.3) is 0 Å². The highest BCUT2D eigenvalue weighted by atomic mass is 19.4. The standard InChI is InChI=1S/C16H21F3N2O2/c17-16(18,19)23-14-8-1-11(2-9-14)3-10-15(22)21-13-6-4-12(20)5-7-13/h1-2,8-9,12-13H,3-7,10,20H2,(H,21,22). The molecule has 2 rings (SSSR count). The lowest BCUT2D eigenvalue weighted by Gasteiger charge is -2.26. The molecule has 1 aliphatic carbocycles. The fraction of sp³-hybridized carbons (Fsp3) is 0.562. The van der Waals surface area contributed by atoms with E-state index in [2.05, 4.69) is 10.1 Å². The molecule has 1 saturated carbocycles. The second-order valence-electron chi connectivity index (χ2n) is 5.87. The molecule has 7 heteroatoms. The summed E-state index contributed by atoms with van der Waals surface area (Å²) in [7, 11) is 0. The van der Waals surface area contributed by atoms with Crippen LogP contribution in [0.2, 0.25) is 0 Å². The summed E-state index contributed by atoms with van der Waals surface area (Å²) in [5.41, 5.74) is 6.61. The number of carbonyl (C=O) groups excluding carboxylic acids is 1. The van der Waals surface area contributed by atoms with Crippen molar-refractivity contribution >= 4 is 5.91 Å². The van der Waals surface area contributed by atoms with E-state index in [-0.39, 0.29) is 23.7 Å². The second kappa shape index (κ2) is 7.68. The molecule has 23 heavy (non-hydrogen) atoms. The fourth-order valence-electron chi connectivity index (χ4n) is 2.68. The van der Waals surface area contributed by atoms with Gasteiger partial charge in [-0.2, -0.15) is 0 Å². The van der Waals surface area contributed by atoms with E-state index in [4.69, 9.17) is 5.73 Å². The van der Waals surface area contributed by atoms with E-state index >= 15 is 0 Å². The van der Waals surface area contributed by atoms with E-state index in [9.17, 15) is 18.0 Å². The molecular formula is C16H21F3N2O2. The number of alkyl halides is 3. The Kier molecular flexibility index (Phi) is 5.87. The Labute approximate surface area is 133 Å². The van der Waals surface area contributed by atoms with Crippen LogP contribution in [0.5, 0.6) is 5.75 Å². The first-order chi connectivity index (χ1) is 10.8. The van der Waals surface area contributed by atoms with E-state index in [0.29, 0.717) is 12.8 Å². The molecule has 4 nitrogen and oxygen atoms in total. The van der Waals surface area contributed by atoms with E-state index in [1.807, 2.05) is 0 Å². The highest BCUT2D eigenvalue weighted by molar-refractivity contribution is 5.76. The van der Waals surface area contributed by atoms with Crippen molar-refractivity contribution < 1.29 is 22.7 Å². The van der Waals surface area contributed by atoms with Gasteiger partial charge >= 0.3 is 6.36 Å². The number of halogens is 3. The summed E-state index contributed by atoms with van der Waals surface area (Å²) in [6, 6.07) is 6.00. The summed E-state index contributed by atoms with van der Waals surface area (Å²) < 4.78 is 40.0. The van der Waals surface area contributed by atoms with Crippen LogP contribution in [-0.4, -0.2) is 24.4 Å². The van der Waals surface area contributed by atoms with Crippen LogP contribution < -0.4 is 15.8 Å². The SMILES string of the molecule is NC1CCC(NC(=O)CCc2ccc(OC(F)(F)F)cc2)CC1. The van der Waals surface area contributed by atoms with Crippen molar-refractivity contribution in [2.45, 2.75) is 57.0 Å². The lowest BCUT2D eigenvalue weighted by Crippen LogP contribution is -2.40. The Hall–Kier alpha value is -1.76. The number of ether oxygens (including phenoxy) is 1. The summed E-state index contributed by atoms with van der Waals surface area (Å²) in [5, 5.41) is 2.98. The molecule has 0 aliphatic heterocycles. The zero-order chi connectivity index (χ0) is 16.9. The van der Waals surface area contributed by atoms with E-state index < -0.39 is 6.36 Å². The van der Waals surface area contributed by atoms with Crippen LogP contribution in [0.15, 0.2) is 24.3 Å². The average Bonchev–Trinajstić information content (AvgIpc) is 2.47. The lowest BCUT2D eigenvalue weighted by atomic mass is 9.92. The maximum Gasteiger partial charge on any atom is 0.573 e. The molecule has 0 atom stereocenters. The average molecular weight is 330 g/mol. The van der Waals surface area contributed by atoms with Crippen LogP contribution in [-0.2, 0) is 11.2 Å². The molecule has 3 N–H and O–H groups in total. The van der Waals surface area contributed by atoms with Gasteiger partial charge in [-0.1, -0.05) is 12.1 Å². The van der Waals surface area contributed by atoms with Gasteiger partial charge in [0.15, 0.2) is 0 Å². The zero-order valence-corrected chi connectivity index (χ0v) is 12.7. The van der Waals surface area contributed by atoms with Crippen LogP contribution in [0.3, 0.4) is 0 Å². The van der Waals surface area contributed by atoms with Gasteiger partial charge in [-0.15, -0.1) is 13.2 Å². The summed E-state index contributed by atoms with van der Waals surface area (Å²) in [5.74, 6) is -0.301. The van der Waals surface area contributed by atoms with Crippen molar-refractivity contribution in [3.63, 3.8) is 0 Å². The first-order valence-electron chi connectivity index (χ1n) is 7.71. The minimum absolute atomic E-state index is 0.0407. The van der Waals surface area contributed by atoms with Crippen LogP contribution in [0.25, 0.3) is 0 Å². The number of hydrogen-bond acceptors (Lipinski definition) is 3. The smallest absolute Gasteiger partial charge is 0.406 e. The van der Waals surface area contributed by atoms with Crippen molar-refractivity contribution in [3.05, 3.63) is 29.8 Å². The molecule has 0 unspecified atom stereocenters. The van der Waals surface area contributed by atoms with Gasteiger partial charge in [0.1, 0.15) is 5.75 Å². The second-order valence-corrected chi connectivity index (χ2v) is 5.87. The topological polar surface area (TPSA) is 64.3 Å². The Bertz CT molecular complexity index is 509. The van der Waals surface area contributed by atoms with Crippen LogP contribution in [0.1, 0.15) is 37.7 Å². The van der Waals surface area contributed by atoms with Crippen molar-refractivity contribution in [1.29, 1.82) is 0 Å². The summed E-state index contributed by atoms with van der Waals surface area (Å²) in [6.07, 6.45) is -0.264. The molecule has 0 heterocycles. The molecule has 0 aromatic heterocycles. The van der Waals surface area contributed by atoms with Gasteiger partial charge in [-0.25, -0.2) is 0 Å². The fourth-order valence-corrected chi connectivity index (χ4v) is 2.68. The van der Waals surface area contributed by atoms with Crippen LogP contribution >= 0.6 is 0 Å². The Morgan fingerprint density at radius 3 is 2.35 bits per heavy atom. The number of nitrogens with two attached hydrogens (primary N) is 1. The van der Waals surface area contributed by atoms with Crippen LogP contribution in [0.4, 0.5) is 13.2 Å². The molecule has 0 spiro atoms. The third-order valence-electron chi connectivity index (χ3n) is 3.93. The van der Waals surface area contributed by atoms with Gasteiger partial charge in [0.2, 0.25) is 5.91 Å². The maximum absolute atomic E-state index is 12.1. The highest BCUT2D eigenvalue weighted by Gasteiger charge is 2.30. The lowest BCUT2D eigenvalue weighted by molar-refractivity contribution is -0.274. The first-order valence-corrected chi connectivity index (χ1v) is 7.71. The Morgan fingerprint density at radius 1 is 1.17 bits per heavy atom. The number of amides is 1. The molecular weight excluding hydrogens is 309 g/mol. The van der Waals surface area contributed by atoms with Crippen LogP contribution in [0, 0.1) is 0 Å². The van der Waals surface area contributed by atoms with Crippen molar-refractivity contribution in [2.24, 2.45) is 5.73 Å². The van der Waals surface area contributed by atoms with Gasteiger partial charge in [-0.3, -0.25) is 4.79 Å². The Balaban J connectivity index is 1.73. The summed E-state index contributed by atoms with van der Waals surface area (Å²) in [6.45, 7) is 0. The largest absolute Gasteiger partial charge is 0.573 e. The third kappa shape index (κ3) is 6.48. The predicted molar refractivity (Wildman–Crippen MR) is 79.8 cm³/mol. The quantitative estimate of drug-likeness (QED) is 0.872. The minimum Gasteiger partial charge on any atom is -0.406 e. The van der Waals surface area contributed by atoms with Gasteiger partial charge in [-0.05, 0) is 49.8 Å². The normalized spacial score (nSPS) is 21.7.